The number of benzene rings is 2. The van der Waals surface area contributed by atoms with Crippen LogP contribution in [-0.4, -0.2) is 35.2 Å². The first-order valence-electron chi connectivity index (χ1n) is 11.5. The number of rotatable bonds is 4. The number of fused-ring (bicyclic) bond motifs is 3. The molecule has 5 rings (SSSR count). The van der Waals surface area contributed by atoms with Gasteiger partial charge in [0, 0.05) is 18.5 Å². The Hall–Kier alpha value is -3.43. The second-order valence-electron chi connectivity index (χ2n) is 9.83. The molecular weight excluding hydrogens is 483 g/mol. The quantitative estimate of drug-likeness (QED) is 0.504. The van der Waals surface area contributed by atoms with Crippen molar-refractivity contribution in [2.75, 3.05) is 13.1 Å². The Morgan fingerprint density at radius 2 is 1.86 bits per heavy atom. The van der Waals surface area contributed by atoms with Crippen LogP contribution in [0.2, 0.25) is 0 Å². The van der Waals surface area contributed by atoms with Crippen molar-refractivity contribution in [3.05, 3.63) is 92.7 Å². The molecule has 1 amide bonds. The van der Waals surface area contributed by atoms with Crippen LogP contribution in [-0.2, 0) is 23.9 Å². The predicted molar refractivity (Wildman–Crippen MR) is 120 cm³/mol. The highest BCUT2D eigenvalue weighted by molar-refractivity contribution is 5.91. The summed E-state index contributed by atoms with van der Waals surface area (Å²) in [6.07, 6.45) is -3.68. The number of aromatic amines is 1. The number of aryl methyl sites for hydroxylation is 1. The molecule has 0 radical (unpaired) electrons. The summed E-state index contributed by atoms with van der Waals surface area (Å²) in [5, 5.41) is 2.10. The zero-order chi connectivity index (χ0) is 25.9. The molecule has 1 aliphatic heterocycles. The summed E-state index contributed by atoms with van der Waals surface area (Å²) in [5.74, 6) is -1.08. The smallest absolute Gasteiger partial charge is 0.373 e. The minimum absolute atomic E-state index is 0.0603. The van der Waals surface area contributed by atoms with Gasteiger partial charge in [0.1, 0.15) is 5.82 Å². The number of carbonyl (C=O) groups excluding carboxylic acids is 1. The molecule has 1 aromatic heterocycles. The Morgan fingerprint density at radius 1 is 1.14 bits per heavy atom. The Balaban J connectivity index is 1.58. The van der Waals surface area contributed by atoms with Gasteiger partial charge in [0.05, 0.1) is 6.07 Å². The zero-order valence-corrected chi connectivity index (χ0v) is 19.3. The van der Waals surface area contributed by atoms with Gasteiger partial charge >= 0.3 is 6.18 Å². The fraction of sp³-hybridized carbons (Fsp3) is 0.385. The van der Waals surface area contributed by atoms with E-state index >= 15 is 0 Å². The summed E-state index contributed by atoms with van der Waals surface area (Å²) in [6.45, 7) is 1.07. The highest BCUT2D eigenvalue weighted by Crippen LogP contribution is 2.51. The SMILES string of the molecule is CC(F)(c1ccc2c(c1)CCC1CN(C(=O)c3cc(=O)[nH]o3)CC21Cc1ccc(F)cc1)C(F)(F)F. The van der Waals surface area contributed by atoms with Crippen LogP contribution in [0.3, 0.4) is 0 Å². The predicted octanol–water partition coefficient (Wildman–Crippen LogP) is 5.05. The topological polar surface area (TPSA) is 66.3 Å². The third-order valence-electron chi connectivity index (χ3n) is 7.63. The van der Waals surface area contributed by atoms with Crippen molar-refractivity contribution in [2.45, 2.75) is 43.4 Å². The van der Waals surface area contributed by atoms with Crippen molar-refractivity contribution in [3.8, 4) is 0 Å². The van der Waals surface area contributed by atoms with Gasteiger partial charge in [-0.05, 0) is 66.5 Å². The van der Waals surface area contributed by atoms with E-state index in [2.05, 4.69) is 5.16 Å². The van der Waals surface area contributed by atoms with E-state index in [4.69, 9.17) is 4.52 Å². The number of nitrogens with one attached hydrogen (secondary N) is 1. The van der Waals surface area contributed by atoms with E-state index < -0.39 is 40.1 Å². The molecule has 0 saturated carbocycles. The first-order chi connectivity index (χ1) is 16.9. The Kier molecular flexibility index (Phi) is 5.61. The summed E-state index contributed by atoms with van der Waals surface area (Å²) in [7, 11) is 0. The summed E-state index contributed by atoms with van der Waals surface area (Å²) >= 11 is 0. The lowest BCUT2D eigenvalue weighted by molar-refractivity contribution is -0.228. The average molecular weight is 506 g/mol. The maximum absolute atomic E-state index is 14.8. The van der Waals surface area contributed by atoms with Gasteiger partial charge in [-0.3, -0.25) is 9.59 Å². The van der Waals surface area contributed by atoms with E-state index in [1.54, 1.807) is 17.0 Å². The van der Waals surface area contributed by atoms with E-state index in [0.717, 1.165) is 23.3 Å². The fourth-order valence-electron chi connectivity index (χ4n) is 5.68. The maximum atomic E-state index is 14.8. The molecule has 1 N–H and O–H groups in total. The lowest BCUT2D eigenvalue weighted by Crippen LogP contribution is -2.42. The number of alkyl halides is 4. The molecule has 10 heteroatoms. The maximum Gasteiger partial charge on any atom is 0.426 e. The molecule has 1 saturated heterocycles. The minimum atomic E-state index is -5.07. The number of aromatic nitrogens is 1. The molecule has 190 valence electrons. The van der Waals surface area contributed by atoms with Crippen LogP contribution < -0.4 is 5.56 Å². The number of carbonyl (C=O) groups is 1. The molecule has 3 unspecified atom stereocenters. The Bertz CT molecular complexity index is 1360. The fourth-order valence-corrected chi connectivity index (χ4v) is 5.68. The monoisotopic (exact) mass is 506 g/mol. The highest BCUT2D eigenvalue weighted by Gasteiger charge is 2.55. The van der Waals surface area contributed by atoms with Crippen molar-refractivity contribution in [2.24, 2.45) is 5.92 Å². The minimum Gasteiger partial charge on any atom is -0.373 e. The summed E-state index contributed by atoms with van der Waals surface area (Å²) in [4.78, 5) is 26.1. The number of H-pyrrole nitrogens is 1. The summed E-state index contributed by atoms with van der Waals surface area (Å²) in [6, 6.07) is 11.0. The third-order valence-corrected chi connectivity index (χ3v) is 7.63. The van der Waals surface area contributed by atoms with E-state index in [1.807, 2.05) is 0 Å². The van der Waals surface area contributed by atoms with Crippen LogP contribution in [0.1, 0.15) is 46.2 Å². The van der Waals surface area contributed by atoms with Gasteiger partial charge in [0.2, 0.25) is 11.4 Å². The lowest BCUT2D eigenvalue weighted by Gasteiger charge is -2.41. The van der Waals surface area contributed by atoms with Crippen LogP contribution in [0.25, 0.3) is 0 Å². The Labute approximate surface area is 202 Å². The second kappa shape index (κ2) is 8.31. The molecule has 2 aliphatic rings. The summed E-state index contributed by atoms with van der Waals surface area (Å²) in [5.41, 5.74) is -3.08. The zero-order valence-electron chi connectivity index (χ0n) is 19.3. The molecule has 0 spiro atoms. The number of halogens is 5. The van der Waals surface area contributed by atoms with Crippen molar-refractivity contribution >= 4 is 5.91 Å². The molecule has 0 bridgehead atoms. The van der Waals surface area contributed by atoms with Gasteiger partial charge in [-0.15, -0.1) is 0 Å². The van der Waals surface area contributed by atoms with Crippen LogP contribution in [0, 0.1) is 11.7 Å². The Morgan fingerprint density at radius 3 is 2.50 bits per heavy atom. The third kappa shape index (κ3) is 3.92. The second-order valence-corrected chi connectivity index (χ2v) is 9.83. The van der Waals surface area contributed by atoms with Crippen molar-refractivity contribution < 1.29 is 31.3 Å². The van der Waals surface area contributed by atoms with Gasteiger partial charge in [-0.2, -0.15) is 18.3 Å². The number of nitrogens with zero attached hydrogens (tertiary/aromatic N) is 1. The van der Waals surface area contributed by atoms with Crippen LogP contribution in [0.4, 0.5) is 22.0 Å². The van der Waals surface area contributed by atoms with Gasteiger partial charge in [-0.1, -0.05) is 30.3 Å². The van der Waals surface area contributed by atoms with Gasteiger partial charge in [0.25, 0.3) is 11.5 Å². The molecule has 5 nitrogen and oxygen atoms in total. The van der Waals surface area contributed by atoms with Crippen molar-refractivity contribution in [1.29, 1.82) is 0 Å². The van der Waals surface area contributed by atoms with Crippen LogP contribution >= 0.6 is 0 Å². The largest absolute Gasteiger partial charge is 0.426 e. The number of amides is 1. The average Bonchev–Trinajstić information content (AvgIpc) is 3.43. The van der Waals surface area contributed by atoms with E-state index in [9.17, 15) is 31.5 Å². The van der Waals surface area contributed by atoms with Gasteiger partial charge < -0.3 is 9.42 Å². The van der Waals surface area contributed by atoms with Gasteiger partial charge in [-0.25, -0.2) is 8.78 Å². The highest BCUT2D eigenvalue weighted by atomic mass is 19.4. The lowest BCUT2D eigenvalue weighted by atomic mass is 9.62. The molecule has 3 aromatic rings. The number of likely N-dealkylation sites (tertiary alicyclic amines) is 1. The molecule has 36 heavy (non-hydrogen) atoms. The van der Waals surface area contributed by atoms with Crippen molar-refractivity contribution in [3.63, 3.8) is 0 Å². The number of hydrogen-bond acceptors (Lipinski definition) is 3. The molecule has 1 aliphatic carbocycles. The molecule has 2 aromatic carbocycles. The van der Waals surface area contributed by atoms with Gasteiger partial charge in [0.15, 0.2) is 0 Å². The number of hydrogen-bond donors (Lipinski definition) is 1. The van der Waals surface area contributed by atoms with Crippen molar-refractivity contribution in [1.82, 2.24) is 10.1 Å². The molecule has 2 heterocycles. The van der Waals surface area contributed by atoms with Crippen LogP contribution in [0.15, 0.2) is 57.8 Å². The van der Waals surface area contributed by atoms with Crippen LogP contribution in [0.5, 0.6) is 0 Å². The first-order valence-corrected chi connectivity index (χ1v) is 11.5. The van der Waals surface area contributed by atoms with E-state index in [0.29, 0.717) is 38.3 Å². The summed E-state index contributed by atoms with van der Waals surface area (Å²) < 4.78 is 73.5. The van der Waals surface area contributed by atoms with E-state index in [-0.39, 0.29) is 18.2 Å². The first kappa shape index (κ1) is 24.3. The molecule has 1 fully saturated rings. The van der Waals surface area contributed by atoms with E-state index in [1.165, 1.54) is 24.3 Å². The molecule has 3 atom stereocenters. The standard InChI is InChI=1S/C26H23F5N2O3/c1-24(28,26(29,30)31)17-6-9-20-16(10-17)4-5-18-13-33(23(35)21-11-22(34)32-36-21)14-25(18,20)12-15-2-7-19(27)8-3-15/h2-3,6-11,18H,4-5,12-14H2,1H3,(H,32,34). The molecular formula is C26H23F5N2O3. The normalized spacial score (nSPS) is 23.2.